The number of ether oxygens (including phenoxy) is 2. The fourth-order valence-corrected chi connectivity index (χ4v) is 2.37. The highest BCUT2D eigenvalue weighted by atomic mass is 19.3. The smallest absolute Gasteiger partial charge is 0.387 e. The van der Waals surface area contributed by atoms with E-state index in [4.69, 9.17) is 9.84 Å². The summed E-state index contributed by atoms with van der Waals surface area (Å²) in [7, 11) is 1.28. The van der Waals surface area contributed by atoms with Gasteiger partial charge in [-0.3, -0.25) is 9.59 Å². The molecule has 0 aromatic heterocycles. The van der Waals surface area contributed by atoms with Crippen molar-refractivity contribution >= 4 is 17.6 Å². The third-order valence-electron chi connectivity index (χ3n) is 3.82. The topological polar surface area (TPSA) is 84.9 Å². The van der Waals surface area contributed by atoms with E-state index < -0.39 is 24.4 Å². The lowest BCUT2D eigenvalue weighted by molar-refractivity contribution is -0.141. The summed E-state index contributed by atoms with van der Waals surface area (Å²) in [4.78, 5) is 23.2. The number of benzene rings is 2. The fraction of sp³-hybridized carbons (Fsp3) is 0.263. The Morgan fingerprint density at radius 1 is 1.11 bits per heavy atom. The predicted molar refractivity (Wildman–Crippen MR) is 94.5 cm³/mol. The van der Waals surface area contributed by atoms with Crippen molar-refractivity contribution in [3.05, 3.63) is 53.6 Å². The van der Waals surface area contributed by atoms with Gasteiger partial charge in [-0.1, -0.05) is 19.1 Å². The molecular weight excluding hydrogens is 360 g/mol. The number of carbonyl (C=O) groups is 2. The van der Waals surface area contributed by atoms with Gasteiger partial charge in [-0.2, -0.15) is 8.78 Å². The van der Waals surface area contributed by atoms with Crippen LogP contribution in [-0.2, 0) is 11.2 Å². The molecular formula is C19H19F2NO5. The zero-order chi connectivity index (χ0) is 20.0. The highest BCUT2D eigenvalue weighted by Crippen LogP contribution is 2.29. The van der Waals surface area contributed by atoms with Gasteiger partial charge in [0.2, 0.25) is 0 Å². The Morgan fingerprint density at radius 2 is 1.78 bits per heavy atom. The van der Waals surface area contributed by atoms with Crippen molar-refractivity contribution in [2.24, 2.45) is 5.92 Å². The number of carboxylic acid groups (broad SMARTS) is 1. The van der Waals surface area contributed by atoms with E-state index in [0.29, 0.717) is 12.1 Å². The quantitative estimate of drug-likeness (QED) is 0.729. The molecule has 2 N–H and O–H groups in total. The van der Waals surface area contributed by atoms with Crippen molar-refractivity contribution in [2.45, 2.75) is 20.0 Å². The van der Waals surface area contributed by atoms with E-state index in [9.17, 15) is 18.4 Å². The van der Waals surface area contributed by atoms with E-state index >= 15 is 0 Å². The minimum atomic E-state index is -3.00. The van der Waals surface area contributed by atoms with Gasteiger partial charge in [-0.25, -0.2) is 0 Å². The molecule has 0 saturated heterocycles. The van der Waals surface area contributed by atoms with E-state index in [1.165, 1.54) is 25.3 Å². The van der Waals surface area contributed by atoms with E-state index in [1.54, 1.807) is 31.2 Å². The molecule has 0 aliphatic rings. The molecule has 0 spiro atoms. The zero-order valence-electron chi connectivity index (χ0n) is 14.7. The average Bonchev–Trinajstić information content (AvgIpc) is 2.63. The van der Waals surface area contributed by atoms with E-state index in [1.807, 2.05) is 0 Å². The summed E-state index contributed by atoms with van der Waals surface area (Å²) in [6, 6.07) is 10.7. The van der Waals surface area contributed by atoms with Crippen molar-refractivity contribution < 1.29 is 33.0 Å². The van der Waals surface area contributed by atoms with Crippen LogP contribution in [0.15, 0.2) is 42.5 Å². The highest BCUT2D eigenvalue weighted by Gasteiger charge is 2.15. The Bertz CT molecular complexity index is 808. The number of methoxy groups -OCH3 is 1. The van der Waals surface area contributed by atoms with Gasteiger partial charge in [-0.05, 0) is 42.3 Å². The van der Waals surface area contributed by atoms with Crippen LogP contribution in [0.25, 0.3) is 0 Å². The Morgan fingerprint density at radius 3 is 2.33 bits per heavy atom. The number of carbonyl (C=O) groups excluding carboxylic acids is 1. The van der Waals surface area contributed by atoms with Crippen molar-refractivity contribution in [3.63, 3.8) is 0 Å². The van der Waals surface area contributed by atoms with Crippen LogP contribution in [0.1, 0.15) is 22.8 Å². The van der Waals surface area contributed by atoms with Gasteiger partial charge in [0, 0.05) is 11.3 Å². The number of rotatable bonds is 8. The predicted octanol–water partition coefficient (Wildman–Crippen LogP) is 3.81. The summed E-state index contributed by atoms with van der Waals surface area (Å²) >= 11 is 0. The average molecular weight is 379 g/mol. The number of amides is 1. The van der Waals surface area contributed by atoms with Crippen molar-refractivity contribution in [2.75, 3.05) is 12.4 Å². The molecule has 1 atom stereocenters. The molecule has 0 aliphatic heterocycles. The van der Waals surface area contributed by atoms with Gasteiger partial charge in [0.1, 0.15) is 0 Å². The summed E-state index contributed by atoms with van der Waals surface area (Å²) in [5.41, 5.74) is 1.55. The number of nitrogens with one attached hydrogen (secondary N) is 1. The maximum atomic E-state index is 12.3. The lowest BCUT2D eigenvalue weighted by Gasteiger charge is -2.12. The fourth-order valence-electron chi connectivity index (χ4n) is 2.37. The van der Waals surface area contributed by atoms with Gasteiger partial charge in [0.15, 0.2) is 11.5 Å². The third-order valence-corrected chi connectivity index (χ3v) is 3.82. The summed E-state index contributed by atoms with van der Waals surface area (Å²) in [6.07, 6.45) is 0.381. The molecule has 0 fully saturated rings. The van der Waals surface area contributed by atoms with Gasteiger partial charge < -0.3 is 19.9 Å². The number of carboxylic acids is 1. The number of hydrogen-bond acceptors (Lipinski definition) is 4. The zero-order valence-corrected chi connectivity index (χ0v) is 14.7. The standard InChI is InChI=1S/C19H19F2NO5/c1-11(18(24)25)9-12-3-6-14(7-4-12)22-17(23)13-5-8-15(27-19(20)21)16(10-13)26-2/h3-8,10-11,19H,9H2,1-2H3,(H,22,23)(H,24,25). The van der Waals surface area contributed by atoms with E-state index in [2.05, 4.69) is 10.1 Å². The molecule has 0 aliphatic carbocycles. The number of anilines is 1. The normalized spacial score (nSPS) is 11.7. The van der Waals surface area contributed by atoms with Gasteiger partial charge in [0.25, 0.3) is 5.91 Å². The molecule has 0 radical (unpaired) electrons. The van der Waals surface area contributed by atoms with Crippen LogP contribution in [0.3, 0.4) is 0 Å². The monoisotopic (exact) mass is 379 g/mol. The Balaban J connectivity index is 2.07. The van der Waals surface area contributed by atoms with Crippen LogP contribution < -0.4 is 14.8 Å². The second-order valence-electron chi connectivity index (χ2n) is 5.84. The Kier molecular flexibility index (Phi) is 6.70. The van der Waals surface area contributed by atoms with Crippen LogP contribution in [0.5, 0.6) is 11.5 Å². The molecule has 8 heteroatoms. The Hall–Kier alpha value is -3.16. The van der Waals surface area contributed by atoms with Gasteiger partial charge >= 0.3 is 12.6 Å². The number of hydrogen-bond donors (Lipinski definition) is 2. The SMILES string of the molecule is COc1cc(C(=O)Nc2ccc(CC(C)C(=O)O)cc2)ccc1OC(F)F. The minimum Gasteiger partial charge on any atom is -0.493 e. The molecule has 0 saturated carbocycles. The number of halogens is 2. The first-order valence-corrected chi connectivity index (χ1v) is 8.06. The molecule has 1 amide bonds. The molecule has 0 heterocycles. The second kappa shape index (κ2) is 8.98. The molecule has 144 valence electrons. The minimum absolute atomic E-state index is 0.0148. The van der Waals surface area contributed by atoms with Crippen LogP contribution in [0.4, 0.5) is 14.5 Å². The van der Waals surface area contributed by atoms with Crippen molar-refractivity contribution in [1.82, 2.24) is 0 Å². The first-order valence-electron chi connectivity index (χ1n) is 8.06. The van der Waals surface area contributed by atoms with Gasteiger partial charge in [0.05, 0.1) is 13.0 Å². The second-order valence-corrected chi connectivity index (χ2v) is 5.84. The molecule has 1 unspecified atom stereocenters. The number of alkyl halides is 2. The Labute approximate surface area is 154 Å². The maximum Gasteiger partial charge on any atom is 0.387 e. The van der Waals surface area contributed by atoms with Crippen LogP contribution in [0, 0.1) is 5.92 Å². The lowest BCUT2D eigenvalue weighted by Crippen LogP contribution is -2.13. The van der Waals surface area contributed by atoms with Crippen LogP contribution in [0.2, 0.25) is 0 Å². The molecule has 0 bridgehead atoms. The first-order chi connectivity index (χ1) is 12.8. The number of aliphatic carboxylic acids is 1. The maximum absolute atomic E-state index is 12.3. The largest absolute Gasteiger partial charge is 0.493 e. The van der Waals surface area contributed by atoms with Crippen LogP contribution in [-0.4, -0.2) is 30.7 Å². The molecule has 2 aromatic rings. The van der Waals surface area contributed by atoms with E-state index in [0.717, 1.165) is 5.56 Å². The summed E-state index contributed by atoms with van der Waals surface area (Å²) in [6.45, 7) is -1.38. The molecule has 6 nitrogen and oxygen atoms in total. The lowest BCUT2D eigenvalue weighted by atomic mass is 10.0. The third kappa shape index (κ3) is 5.67. The highest BCUT2D eigenvalue weighted by molar-refractivity contribution is 6.04. The summed E-state index contributed by atoms with van der Waals surface area (Å²) in [5.74, 6) is -1.99. The molecule has 2 aromatic carbocycles. The van der Waals surface area contributed by atoms with Gasteiger partial charge in [-0.15, -0.1) is 0 Å². The van der Waals surface area contributed by atoms with Crippen molar-refractivity contribution in [1.29, 1.82) is 0 Å². The molecule has 2 rings (SSSR count). The summed E-state index contributed by atoms with van der Waals surface area (Å²) < 4.78 is 34.0. The van der Waals surface area contributed by atoms with E-state index in [-0.39, 0.29) is 17.1 Å². The van der Waals surface area contributed by atoms with Crippen molar-refractivity contribution in [3.8, 4) is 11.5 Å². The summed E-state index contributed by atoms with van der Waals surface area (Å²) in [5, 5.41) is 11.6. The van der Waals surface area contributed by atoms with Crippen LogP contribution >= 0.6 is 0 Å². The first kappa shape index (κ1) is 20.2. The molecule has 27 heavy (non-hydrogen) atoms.